The van der Waals surface area contributed by atoms with Crippen molar-refractivity contribution >= 4 is 29.9 Å². The summed E-state index contributed by atoms with van der Waals surface area (Å²) in [6.07, 6.45) is 9.33. The Bertz CT molecular complexity index is 676. The van der Waals surface area contributed by atoms with Gasteiger partial charge in [0.15, 0.2) is 5.96 Å². The number of hydrogen-bond donors (Lipinski definition) is 2. The molecule has 0 aromatic carbocycles. The van der Waals surface area contributed by atoms with Crippen LogP contribution < -0.4 is 10.6 Å². The molecule has 8 heteroatoms. The summed E-state index contributed by atoms with van der Waals surface area (Å²) in [5.74, 6) is 3.57. The lowest BCUT2D eigenvalue weighted by molar-refractivity contribution is 0.329. The summed E-state index contributed by atoms with van der Waals surface area (Å²) in [4.78, 5) is 4.70. The van der Waals surface area contributed by atoms with E-state index < -0.39 is 0 Å². The Labute approximate surface area is 178 Å². The van der Waals surface area contributed by atoms with Gasteiger partial charge in [-0.2, -0.15) is 0 Å². The van der Waals surface area contributed by atoms with E-state index in [1.165, 1.54) is 25.7 Å². The molecule has 0 amide bonds. The van der Waals surface area contributed by atoms with Crippen molar-refractivity contribution in [1.82, 2.24) is 25.4 Å². The van der Waals surface area contributed by atoms with Crippen LogP contribution in [0.4, 0.5) is 0 Å². The highest BCUT2D eigenvalue weighted by atomic mass is 127. The minimum Gasteiger partial charge on any atom is -0.467 e. The molecule has 0 unspecified atom stereocenters. The topological polar surface area (TPSA) is 80.3 Å². The SMILES string of the molecule is CCc1nncn1CCNC(=NCc1ccco1)NC1CCC(C)CC1.I. The van der Waals surface area contributed by atoms with Gasteiger partial charge in [0.05, 0.1) is 6.26 Å². The van der Waals surface area contributed by atoms with E-state index in [4.69, 9.17) is 9.41 Å². The summed E-state index contributed by atoms with van der Waals surface area (Å²) in [7, 11) is 0. The van der Waals surface area contributed by atoms with Gasteiger partial charge in [-0.25, -0.2) is 4.99 Å². The number of furan rings is 1. The highest BCUT2D eigenvalue weighted by molar-refractivity contribution is 14.0. The molecule has 7 nitrogen and oxygen atoms in total. The van der Waals surface area contributed by atoms with Crippen molar-refractivity contribution < 1.29 is 4.42 Å². The second kappa shape index (κ2) is 11.3. The smallest absolute Gasteiger partial charge is 0.191 e. The molecule has 0 aliphatic heterocycles. The van der Waals surface area contributed by atoms with Crippen molar-refractivity contribution in [1.29, 1.82) is 0 Å². The predicted molar refractivity (Wildman–Crippen MR) is 117 cm³/mol. The zero-order valence-electron chi connectivity index (χ0n) is 16.2. The van der Waals surface area contributed by atoms with Crippen LogP contribution >= 0.6 is 24.0 Å². The van der Waals surface area contributed by atoms with E-state index in [9.17, 15) is 0 Å². The zero-order valence-corrected chi connectivity index (χ0v) is 18.6. The second-order valence-electron chi connectivity index (χ2n) is 7.07. The van der Waals surface area contributed by atoms with Gasteiger partial charge >= 0.3 is 0 Å². The summed E-state index contributed by atoms with van der Waals surface area (Å²) in [5, 5.41) is 15.2. The van der Waals surface area contributed by atoms with E-state index in [-0.39, 0.29) is 24.0 Å². The van der Waals surface area contributed by atoms with E-state index in [1.807, 2.05) is 12.1 Å². The van der Waals surface area contributed by atoms with E-state index in [1.54, 1.807) is 12.6 Å². The first-order valence-electron chi connectivity index (χ1n) is 9.68. The fourth-order valence-corrected chi connectivity index (χ4v) is 3.34. The van der Waals surface area contributed by atoms with Gasteiger partial charge in [-0.1, -0.05) is 13.8 Å². The lowest BCUT2D eigenvalue weighted by atomic mass is 9.87. The van der Waals surface area contributed by atoms with Gasteiger partial charge in [0.2, 0.25) is 0 Å². The Kier molecular flexibility index (Phi) is 9.09. The molecule has 2 N–H and O–H groups in total. The van der Waals surface area contributed by atoms with Gasteiger partial charge in [-0.3, -0.25) is 0 Å². The maximum Gasteiger partial charge on any atom is 0.191 e. The highest BCUT2D eigenvalue weighted by Crippen LogP contribution is 2.23. The molecule has 0 radical (unpaired) electrons. The molecule has 2 aromatic rings. The molecule has 0 bridgehead atoms. The van der Waals surface area contributed by atoms with E-state index >= 15 is 0 Å². The van der Waals surface area contributed by atoms with Crippen molar-refractivity contribution in [3.8, 4) is 0 Å². The van der Waals surface area contributed by atoms with Gasteiger partial charge in [0.1, 0.15) is 24.5 Å². The third-order valence-electron chi connectivity index (χ3n) is 4.99. The van der Waals surface area contributed by atoms with Crippen LogP contribution in [0.25, 0.3) is 0 Å². The predicted octanol–water partition coefficient (Wildman–Crippen LogP) is 3.37. The van der Waals surface area contributed by atoms with E-state index in [0.717, 1.165) is 43.0 Å². The van der Waals surface area contributed by atoms with Crippen LogP contribution in [0, 0.1) is 5.92 Å². The molecule has 1 fully saturated rings. The summed E-state index contributed by atoms with van der Waals surface area (Å²) in [6, 6.07) is 4.34. The fourth-order valence-electron chi connectivity index (χ4n) is 3.34. The maximum atomic E-state index is 5.40. The molecule has 0 saturated heterocycles. The molecule has 2 aromatic heterocycles. The standard InChI is InChI=1S/C19H30N6O.HI/c1-3-18-24-22-14-25(18)11-10-20-19(21-13-17-5-4-12-26-17)23-16-8-6-15(2)7-9-16;/h4-5,12,14-16H,3,6-11,13H2,1-2H3,(H2,20,21,23);1H. The highest BCUT2D eigenvalue weighted by Gasteiger charge is 2.19. The molecule has 150 valence electrons. The Morgan fingerprint density at radius 2 is 2.15 bits per heavy atom. The average Bonchev–Trinajstić information content (AvgIpc) is 3.32. The summed E-state index contributed by atoms with van der Waals surface area (Å²) < 4.78 is 7.48. The normalized spacial score (nSPS) is 20.1. The molecule has 0 spiro atoms. The van der Waals surface area contributed by atoms with Crippen molar-refractivity contribution in [3.63, 3.8) is 0 Å². The van der Waals surface area contributed by atoms with Gasteiger partial charge in [0.25, 0.3) is 0 Å². The molecular weight excluding hydrogens is 455 g/mol. The number of hydrogen-bond acceptors (Lipinski definition) is 4. The number of guanidine groups is 1. The van der Waals surface area contributed by atoms with Crippen LogP contribution in [0.5, 0.6) is 0 Å². The van der Waals surface area contributed by atoms with Gasteiger partial charge in [-0.15, -0.1) is 34.2 Å². The first kappa shape index (κ1) is 21.7. The maximum absolute atomic E-state index is 5.40. The number of halogens is 1. The Balaban J connectivity index is 0.00000261. The number of nitrogens with zero attached hydrogens (tertiary/aromatic N) is 4. The molecule has 2 heterocycles. The third-order valence-corrected chi connectivity index (χ3v) is 4.99. The van der Waals surface area contributed by atoms with Gasteiger partial charge in [-0.05, 0) is 43.7 Å². The third kappa shape index (κ3) is 6.82. The van der Waals surface area contributed by atoms with Crippen molar-refractivity contribution in [2.75, 3.05) is 6.54 Å². The summed E-state index contributed by atoms with van der Waals surface area (Å²) >= 11 is 0. The Morgan fingerprint density at radius 3 is 2.85 bits per heavy atom. The summed E-state index contributed by atoms with van der Waals surface area (Å²) in [5.41, 5.74) is 0. The largest absolute Gasteiger partial charge is 0.467 e. The number of aromatic nitrogens is 3. The van der Waals surface area contributed by atoms with Crippen LogP contribution in [0.2, 0.25) is 0 Å². The molecule has 1 aliphatic carbocycles. The molecule has 1 aliphatic rings. The minimum absolute atomic E-state index is 0. The molecular formula is C19H31IN6O. The van der Waals surface area contributed by atoms with Crippen LogP contribution in [0.15, 0.2) is 34.1 Å². The molecule has 0 atom stereocenters. The van der Waals surface area contributed by atoms with E-state index in [2.05, 4.69) is 39.2 Å². The fraction of sp³-hybridized carbons (Fsp3) is 0.632. The number of rotatable bonds is 7. The number of nitrogens with one attached hydrogen (secondary N) is 2. The average molecular weight is 486 g/mol. The van der Waals surface area contributed by atoms with Gasteiger partial charge in [0, 0.05) is 25.6 Å². The first-order chi connectivity index (χ1) is 12.7. The lowest BCUT2D eigenvalue weighted by Crippen LogP contribution is -2.45. The van der Waals surface area contributed by atoms with E-state index in [0.29, 0.717) is 12.6 Å². The van der Waals surface area contributed by atoms with Crippen molar-refractivity contribution in [3.05, 3.63) is 36.3 Å². The minimum atomic E-state index is 0. The van der Waals surface area contributed by atoms with Gasteiger partial charge < -0.3 is 19.6 Å². The monoisotopic (exact) mass is 486 g/mol. The molecule has 3 rings (SSSR count). The summed E-state index contributed by atoms with van der Waals surface area (Å²) in [6.45, 7) is 6.57. The number of aliphatic imine (C=N–C) groups is 1. The first-order valence-corrected chi connectivity index (χ1v) is 9.68. The van der Waals surface area contributed by atoms with Crippen molar-refractivity contribution in [2.24, 2.45) is 10.9 Å². The second-order valence-corrected chi connectivity index (χ2v) is 7.07. The van der Waals surface area contributed by atoms with Crippen LogP contribution in [-0.2, 0) is 19.5 Å². The number of aryl methyl sites for hydroxylation is 1. The van der Waals surface area contributed by atoms with Crippen molar-refractivity contribution in [2.45, 2.75) is 65.1 Å². The Hall–Kier alpha value is -1.58. The zero-order chi connectivity index (χ0) is 18.2. The van der Waals surface area contributed by atoms with Crippen LogP contribution in [0.1, 0.15) is 51.1 Å². The van der Waals surface area contributed by atoms with Crippen LogP contribution in [0.3, 0.4) is 0 Å². The van der Waals surface area contributed by atoms with Crippen LogP contribution in [-0.4, -0.2) is 33.3 Å². The quantitative estimate of drug-likeness (QED) is 0.357. The molecule has 1 saturated carbocycles. The Morgan fingerprint density at radius 1 is 1.33 bits per heavy atom. The lowest BCUT2D eigenvalue weighted by Gasteiger charge is -2.28. The molecule has 27 heavy (non-hydrogen) atoms.